The first-order valence-corrected chi connectivity index (χ1v) is 9.19. The summed E-state index contributed by atoms with van der Waals surface area (Å²) in [5, 5.41) is 0. The van der Waals surface area contributed by atoms with Crippen LogP contribution in [0.3, 0.4) is 0 Å². The van der Waals surface area contributed by atoms with Gasteiger partial charge >= 0.3 is 0 Å². The van der Waals surface area contributed by atoms with Crippen molar-refractivity contribution in [1.82, 2.24) is 0 Å². The van der Waals surface area contributed by atoms with Crippen molar-refractivity contribution in [3.8, 4) is 0 Å². The second-order valence-electron chi connectivity index (χ2n) is 8.33. The number of carbonyl (C=O) groups is 1. The highest BCUT2D eigenvalue weighted by molar-refractivity contribution is 5.80. The highest BCUT2D eigenvalue weighted by atomic mass is 16.1. The molecular formula is C21H34O. The standard InChI is InChI=1S/C21H34O/c1-6-20(4,16(2)3)14-12-18-9-7-8-17-10-11-19(22)13-15-21(17,18)5/h7,9-10,16,18H,6,8,11-15H2,1-5H3. The maximum absolute atomic E-state index is 11.9. The average Bonchev–Trinajstić information content (AvgIpc) is 2.64. The van der Waals surface area contributed by atoms with Gasteiger partial charge in [-0.15, -0.1) is 0 Å². The van der Waals surface area contributed by atoms with Crippen LogP contribution in [0.2, 0.25) is 0 Å². The summed E-state index contributed by atoms with van der Waals surface area (Å²) in [7, 11) is 0. The van der Waals surface area contributed by atoms with Crippen LogP contribution in [0, 0.1) is 22.7 Å². The zero-order chi connectivity index (χ0) is 16.4. The molecule has 0 saturated heterocycles. The molecule has 3 atom stereocenters. The third kappa shape index (κ3) is 3.39. The van der Waals surface area contributed by atoms with Crippen molar-refractivity contribution in [2.24, 2.45) is 22.7 Å². The molecule has 2 aliphatic carbocycles. The van der Waals surface area contributed by atoms with E-state index in [-0.39, 0.29) is 5.41 Å². The van der Waals surface area contributed by atoms with E-state index in [1.165, 1.54) is 24.8 Å². The summed E-state index contributed by atoms with van der Waals surface area (Å²) in [5.41, 5.74) is 2.17. The second kappa shape index (κ2) is 6.72. The Morgan fingerprint density at radius 2 is 2.09 bits per heavy atom. The van der Waals surface area contributed by atoms with E-state index in [1.807, 2.05) is 0 Å². The van der Waals surface area contributed by atoms with E-state index in [4.69, 9.17) is 0 Å². The van der Waals surface area contributed by atoms with E-state index in [1.54, 1.807) is 0 Å². The topological polar surface area (TPSA) is 17.1 Å². The summed E-state index contributed by atoms with van der Waals surface area (Å²) in [5.74, 6) is 1.74. The first kappa shape index (κ1) is 17.5. The highest BCUT2D eigenvalue weighted by Crippen LogP contribution is 2.50. The van der Waals surface area contributed by atoms with Gasteiger partial charge < -0.3 is 0 Å². The van der Waals surface area contributed by atoms with Gasteiger partial charge in [0.25, 0.3) is 0 Å². The Kier molecular flexibility index (Phi) is 5.35. The lowest BCUT2D eigenvalue weighted by Crippen LogP contribution is -2.32. The van der Waals surface area contributed by atoms with Crippen LogP contribution in [-0.2, 0) is 4.79 Å². The molecule has 0 saturated carbocycles. The molecule has 0 N–H and O–H groups in total. The van der Waals surface area contributed by atoms with Crippen LogP contribution < -0.4 is 0 Å². The van der Waals surface area contributed by atoms with Crippen LogP contribution in [0.5, 0.6) is 0 Å². The number of hydrogen-bond donors (Lipinski definition) is 0. The molecule has 0 bridgehead atoms. The quantitative estimate of drug-likeness (QED) is 0.561. The van der Waals surface area contributed by atoms with Gasteiger partial charge in [-0.1, -0.05) is 64.8 Å². The summed E-state index contributed by atoms with van der Waals surface area (Å²) in [6, 6.07) is 0. The first-order valence-electron chi connectivity index (χ1n) is 9.19. The zero-order valence-electron chi connectivity index (χ0n) is 15.2. The summed E-state index contributed by atoms with van der Waals surface area (Å²) < 4.78 is 0. The molecule has 1 nitrogen and oxygen atoms in total. The molecule has 0 aromatic rings. The van der Waals surface area contributed by atoms with Crippen molar-refractivity contribution in [1.29, 1.82) is 0 Å². The Labute approximate surface area is 137 Å². The summed E-state index contributed by atoms with van der Waals surface area (Å²) in [4.78, 5) is 11.9. The second-order valence-corrected chi connectivity index (χ2v) is 8.33. The number of rotatable bonds is 5. The molecule has 2 rings (SSSR count). The van der Waals surface area contributed by atoms with Gasteiger partial charge in [0.2, 0.25) is 0 Å². The van der Waals surface area contributed by atoms with E-state index < -0.39 is 0 Å². The predicted octanol–water partition coefficient (Wildman–Crippen LogP) is 6.10. The number of carbonyl (C=O) groups excluding carboxylic acids is 1. The molecule has 1 heteroatoms. The first-order chi connectivity index (χ1) is 10.3. The lowest BCUT2D eigenvalue weighted by Gasteiger charge is -2.43. The van der Waals surface area contributed by atoms with E-state index in [0.717, 1.165) is 25.2 Å². The summed E-state index contributed by atoms with van der Waals surface area (Å²) in [6.45, 7) is 11.9. The zero-order valence-corrected chi connectivity index (χ0v) is 15.2. The van der Waals surface area contributed by atoms with Gasteiger partial charge in [-0.3, -0.25) is 4.79 Å². The van der Waals surface area contributed by atoms with Gasteiger partial charge in [-0.2, -0.15) is 0 Å². The molecular weight excluding hydrogens is 268 g/mol. The van der Waals surface area contributed by atoms with Crippen molar-refractivity contribution < 1.29 is 4.79 Å². The normalized spacial score (nSPS) is 31.5. The average molecular weight is 303 g/mol. The van der Waals surface area contributed by atoms with Crippen molar-refractivity contribution >= 4 is 5.78 Å². The minimum absolute atomic E-state index is 0.215. The van der Waals surface area contributed by atoms with Crippen molar-refractivity contribution in [2.75, 3.05) is 0 Å². The summed E-state index contributed by atoms with van der Waals surface area (Å²) >= 11 is 0. The minimum Gasteiger partial charge on any atom is -0.299 e. The van der Waals surface area contributed by atoms with E-state index in [0.29, 0.717) is 23.5 Å². The molecule has 0 heterocycles. The van der Waals surface area contributed by atoms with Crippen LogP contribution >= 0.6 is 0 Å². The molecule has 0 aliphatic heterocycles. The fourth-order valence-electron chi connectivity index (χ4n) is 4.22. The van der Waals surface area contributed by atoms with Crippen LogP contribution in [0.15, 0.2) is 23.8 Å². The summed E-state index contributed by atoms with van der Waals surface area (Å²) in [6.07, 6.45) is 14.3. The molecule has 22 heavy (non-hydrogen) atoms. The van der Waals surface area contributed by atoms with Gasteiger partial charge in [0.1, 0.15) is 5.78 Å². The maximum Gasteiger partial charge on any atom is 0.136 e. The van der Waals surface area contributed by atoms with Crippen LogP contribution in [0.1, 0.15) is 79.6 Å². The van der Waals surface area contributed by atoms with Crippen molar-refractivity contribution in [3.63, 3.8) is 0 Å². The largest absolute Gasteiger partial charge is 0.299 e. The third-order valence-electron chi connectivity index (χ3n) is 6.99. The Hall–Kier alpha value is -0.850. The molecule has 3 unspecified atom stereocenters. The highest BCUT2D eigenvalue weighted by Gasteiger charge is 2.40. The maximum atomic E-state index is 11.9. The Morgan fingerprint density at radius 3 is 2.73 bits per heavy atom. The van der Waals surface area contributed by atoms with Gasteiger partial charge in [-0.05, 0) is 48.3 Å². The Bertz CT molecular complexity index is 470. The fourth-order valence-corrected chi connectivity index (χ4v) is 4.22. The molecule has 0 amide bonds. The van der Waals surface area contributed by atoms with Crippen LogP contribution in [-0.4, -0.2) is 5.78 Å². The predicted molar refractivity (Wildman–Crippen MR) is 94.8 cm³/mol. The fraction of sp³-hybridized carbons (Fsp3) is 0.762. The Morgan fingerprint density at radius 1 is 1.36 bits per heavy atom. The molecule has 0 aromatic heterocycles. The molecule has 0 radical (unpaired) electrons. The molecule has 0 fully saturated rings. The van der Waals surface area contributed by atoms with E-state index in [2.05, 4.69) is 52.8 Å². The third-order valence-corrected chi connectivity index (χ3v) is 6.99. The van der Waals surface area contributed by atoms with Crippen molar-refractivity contribution in [2.45, 2.75) is 79.6 Å². The number of fused-ring (bicyclic) bond motifs is 1. The lowest BCUT2D eigenvalue weighted by atomic mass is 9.62. The monoisotopic (exact) mass is 302 g/mol. The molecule has 0 aromatic carbocycles. The number of allylic oxidation sites excluding steroid dienone is 4. The Balaban J connectivity index is 2.15. The van der Waals surface area contributed by atoms with E-state index in [9.17, 15) is 4.79 Å². The number of hydrogen-bond acceptors (Lipinski definition) is 1. The number of Topliss-reactive ketones (excluding diaryl/α,β-unsaturated/α-hetero) is 1. The smallest absolute Gasteiger partial charge is 0.136 e. The minimum atomic E-state index is 0.215. The van der Waals surface area contributed by atoms with Gasteiger partial charge in [0.05, 0.1) is 0 Å². The van der Waals surface area contributed by atoms with E-state index >= 15 is 0 Å². The molecule has 2 aliphatic rings. The molecule has 124 valence electrons. The SMILES string of the molecule is CCC(C)(CCC1C=CCC2=CCC(=O)CCC21C)C(C)C. The van der Waals surface area contributed by atoms with Gasteiger partial charge in [0.15, 0.2) is 0 Å². The number of ketones is 1. The van der Waals surface area contributed by atoms with Gasteiger partial charge in [-0.25, -0.2) is 0 Å². The lowest BCUT2D eigenvalue weighted by molar-refractivity contribution is -0.118. The van der Waals surface area contributed by atoms with Crippen LogP contribution in [0.25, 0.3) is 0 Å². The van der Waals surface area contributed by atoms with Crippen LogP contribution in [0.4, 0.5) is 0 Å². The van der Waals surface area contributed by atoms with Gasteiger partial charge in [0, 0.05) is 12.8 Å². The van der Waals surface area contributed by atoms with Crippen molar-refractivity contribution in [3.05, 3.63) is 23.8 Å². The molecule has 0 spiro atoms.